The van der Waals surface area contributed by atoms with Gasteiger partial charge in [0.15, 0.2) is 0 Å². The van der Waals surface area contributed by atoms with Crippen LogP contribution in [0.2, 0.25) is 0 Å². The first kappa shape index (κ1) is 19.4. The Morgan fingerprint density at radius 3 is 2.50 bits per heavy atom. The van der Waals surface area contributed by atoms with Crippen molar-refractivity contribution in [2.45, 2.75) is 25.9 Å². The number of rotatable bonds is 9. The van der Waals surface area contributed by atoms with Gasteiger partial charge >= 0.3 is 0 Å². The van der Waals surface area contributed by atoms with Crippen molar-refractivity contribution in [1.82, 2.24) is 15.2 Å². The maximum atomic E-state index is 12.7. The van der Waals surface area contributed by atoms with E-state index in [1.54, 1.807) is 29.6 Å². The lowest BCUT2D eigenvalue weighted by molar-refractivity contribution is -0.132. The number of nitrogens with zero attached hydrogens (tertiary/aromatic N) is 2. The standard InChI is InChI=1S/C22H23N3O3/c26-21(14-18-6-2-1-3-7-18)24-12-10-22(27)25(17-20-9-5-13-28-20)16-19-8-4-11-23-15-19/h1-9,11,13,15H,10,12,14,16-17H2,(H,24,26). The van der Waals surface area contributed by atoms with Crippen LogP contribution in [0.15, 0.2) is 77.7 Å². The minimum Gasteiger partial charge on any atom is -0.467 e. The summed E-state index contributed by atoms with van der Waals surface area (Å²) in [4.78, 5) is 30.6. The molecule has 0 spiro atoms. The number of benzene rings is 1. The molecule has 1 aromatic carbocycles. The number of aromatic nitrogens is 1. The van der Waals surface area contributed by atoms with E-state index >= 15 is 0 Å². The van der Waals surface area contributed by atoms with Gasteiger partial charge < -0.3 is 14.6 Å². The molecule has 0 bridgehead atoms. The van der Waals surface area contributed by atoms with Gasteiger partial charge in [-0.25, -0.2) is 0 Å². The number of carbonyl (C=O) groups excluding carboxylic acids is 2. The third-order valence-electron chi connectivity index (χ3n) is 4.24. The Balaban J connectivity index is 1.52. The first-order valence-electron chi connectivity index (χ1n) is 9.20. The lowest BCUT2D eigenvalue weighted by Crippen LogP contribution is -2.34. The zero-order valence-corrected chi connectivity index (χ0v) is 15.6. The van der Waals surface area contributed by atoms with Crippen LogP contribution in [0.1, 0.15) is 23.3 Å². The van der Waals surface area contributed by atoms with E-state index in [-0.39, 0.29) is 18.2 Å². The summed E-state index contributed by atoms with van der Waals surface area (Å²) in [5, 5.41) is 2.82. The molecule has 0 fully saturated rings. The molecule has 0 aliphatic heterocycles. The van der Waals surface area contributed by atoms with Gasteiger partial charge in [-0.15, -0.1) is 0 Å². The predicted octanol–water partition coefficient (Wildman–Crippen LogP) is 2.95. The van der Waals surface area contributed by atoms with Crippen LogP contribution in [0.5, 0.6) is 0 Å². The van der Waals surface area contributed by atoms with Crippen LogP contribution in [0.4, 0.5) is 0 Å². The van der Waals surface area contributed by atoms with E-state index < -0.39 is 0 Å². The summed E-state index contributed by atoms with van der Waals surface area (Å²) in [6, 6.07) is 16.9. The fourth-order valence-electron chi connectivity index (χ4n) is 2.85. The van der Waals surface area contributed by atoms with Gasteiger partial charge in [-0.1, -0.05) is 36.4 Å². The summed E-state index contributed by atoms with van der Waals surface area (Å²) < 4.78 is 5.38. The molecular formula is C22H23N3O3. The lowest BCUT2D eigenvalue weighted by atomic mass is 10.1. The van der Waals surface area contributed by atoms with Gasteiger partial charge in [-0.05, 0) is 29.3 Å². The number of furan rings is 1. The summed E-state index contributed by atoms with van der Waals surface area (Å²) in [6.07, 6.45) is 5.56. The van der Waals surface area contributed by atoms with Gasteiger partial charge in [0.1, 0.15) is 5.76 Å². The SMILES string of the molecule is O=C(Cc1ccccc1)NCCC(=O)N(Cc1cccnc1)Cc1ccco1. The van der Waals surface area contributed by atoms with Crippen molar-refractivity contribution in [3.63, 3.8) is 0 Å². The van der Waals surface area contributed by atoms with Crippen molar-refractivity contribution in [3.05, 3.63) is 90.1 Å². The summed E-state index contributed by atoms with van der Waals surface area (Å²) in [5.41, 5.74) is 1.89. The molecule has 0 saturated heterocycles. The van der Waals surface area contributed by atoms with Crippen molar-refractivity contribution in [3.8, 4) is 0 Å². The Kier molecular flexibility index (Phi) is 6.95. The monoisotopic (exact) mass is 377 g/mol. The van der Waals surface area contributed by atoms with Crippen LogP contribution >= 0.6 is 0 Å². The van der Waals surface area contributed by atoms with E-state index in [1.165, 1.54) is 0 Å². The van der Waals surface area contributed by atoms with Gasteiger partial charge in [0.05, 0.1) is 19.2 Å². The number of amides is 2. The second-order valence-corrected chi connectivity index (χ2v) is 6.45. The van der Waals surface area contributed by atoms with E-state index in [4.69, 9.17) is 4.42 Å². The molecule has 0 radical (unpaired) electrons. The summed E-state index contributed by atoms with van der Waals surface area (Å²) in [6.45, 7) is 1.11. The molecule has 3 aromatic rings. The molecule has 0 aliphatic rings. The van der Waals surface area contributed by atoms with Crippen molar-refractivity contribution >= 4 is 11.8 Å². The van der Waals surface area contributed by atoms with E-state index in [0.717, 1.165) is 11.1 Å². The first-order valence-corrected chi connectivity index (χ1v) is 9.20. The molecule has 0 unspecified atom stereocenters. The predicted molar refractivity (Wildman–Crippen MR) is 105 cm³/mol. The Morgan fingerprint density at radius 2 is 1.79 bits per heavy atom. The number of pyridine rings is 1. The van der Waals surface area contributed by atoms with Gasteiger partial charge in [-0.2, -0.15) is 0 Å². The number of hydrogen-bond donors (Lipinski definition) is 1. The van der Waals surface area contributed by atoms with Crippen LogP contribution < -0.4 is 5.32 Å². The normalized spacial score (nSPS) is 10.4. The summed E-state index contributed by atoms with van der Waals surface area (Å²) >= 11 is 0. The molecule has 2 heterocycles. The smallest absolute Gasteiger partial charge is 0.225 e. The highest BCUT2D eigenvalue weighted by Gasteiger charge is 2.16. The quantitative estimate of drug-likeness (QED) is 0.622. The molecule has 6 heteroatoms. The van der Waals surface area contributed by atoms with E-state index in [0.29, 0.717) is 31.8 Å². The highest BCUT2D eigenvalue weighted by molar-refractivity contribution is 5.80. The third-order valence-corrected chi connectivity index (χ3v) is 4.24. The lowest BCUT2D eigenvalue weighted by Gasteiger charge is -2.22. The number of carbonyl (C=O) groups is 2. The average molecular weight is 377 g/mol. The highest BCUT2D eigenvalue weighted by Crippen LogP contribution is 2.11. The van der Waals surface area contributed by atoms with Crippen LogP contribution in [0.3, 0.4) is 0 Å². The van der Waals surface area contributed by atoms with Crippen LogP contribution in [0.25, 0.3) is 0 Å². The Labute approximate surface area is 164 Å². The average Bonchev–Trinajstić information content (AvgIpc) is 3.22. The fraction of sp³-hybridized carbons (Fsp3) is 0.227. The molecule has 2 amide bonds. The van der Waals surface area contributed by atoms with Gasteiger partial charge in [0.2, 0.25) is 11.8 Å². The van der Waals surface area contributed by atoms with E-state index in [1.807, 2.05) is 48.5 Å². The Hall–Kier alpha value is -3.41. The zero-order chi connectivity index (χ0) is 19.6. The van der Waals surface area contributed by atoms with Crippen molar-refractivity contribution in [1.29, 1.82) is 0 Å². The second-order valence-electron chi connectivity index (χ2n) is 6.45. The van der Waals surface area contributed by atoms with Gasteiger partial charge in [-0.3, -0.25) is 14.6 Å². The Morgan fingerprint density at radius 1 is 0.964 bits per heavy atom. The maximum Gasteiger partial charge on any atom is 0.225 e. The molecule has 0 aliphatic carbocycles. The van der Waals surface area contributed by atoms with Crippen LogP contribution in [-0.2, 0) is 29.1 Å². The van der Waals surface area contributed by atoms with Crippen LogP contribution in [-0.4, -0.2) is 28.2 Å². The molecule has 144 valence electrons. The van der Waals surface area contributed by atoms with Gasteiger partial charge in [0.25, 0.3) is 0 Å². The minimum atomic E-state index is -0.0937. The zero-order valence-electron chi connectivity index (χ0n) is 15.6. The molecule has 28 heavy (non-hydrogen) atoms. The molecule has 0 saturated carbocycles. The fourth-order valence-corrected chi connectivity index (χ4v) is 2.85. The molecule has 3 rings (SSSR count). The second kappa shape index (κ2) is 10.1. The van der Waals surface area contributed by atoms with E-state index in [2.05, 4.69) is 10.3 Å². The van der Waals surface area contributed by atoms with Crippen molar-refractivity contribution in [2.24, 2.45) is 0 Å². The third kappa shape index (κ3) is 6.09. The topological polar surface area (TPSA) is 75.4 Å². The summed E-state index contributed by atoms with van der Waals surface area (Å²) in [7, 11) is 0. The molecular weight excluding hydrogens is 354 g/mol. The van der Waals surface area contributed by atoms with E-state index in [9.17, 15) is 9.59 Å². The number of nitrogens with one attached hydrogen (secondary N) is 1. The first-order chi connectivity index (χ1) is 13.7. The molecule has 2 aromatic heterocycles. The maximum absolute atomic E-state index is 12.7. The molecule has 6 nitrogen and oxygen atoms in total. The minimum absolute atomic E-state index is 0.0553. The van der Waals surface area contributed by atoms with Gasteiger partial charge in [0, 0.05) is 31.9 Å². The van der Waals surface area contributed by atoms with Crippen molar-refractivity contribution in [2.75, 3.05) is 6.54 Å². The van der Waals surface area contributed by atoms with Crippen LogP contribution in [0, 0.1) is 0 Å². The molecule has 1 N–H and O–H groups in total. The Bertz CT molecular complexity index is 865. The highest BCUT2D eigenvalue weighted by atomic mass is 16.3. The van der Waals surface area contributed by atoms with Crippen molar-refractivity contribution < 1.29 is 14.0 Å². The summed E-state index contributed by atoms with van der Waals surface area (Å²) in [5.74, 6) is 0.564. The largest absolute Gasteiger partial charge is 0.467 e. The molecule has 0 atom stereocenters. The number of hydrogen-bond acceptors (Lipinski definition) is 4.